The third-order valence-electron chi connectivity index (χ3n) is 9.06. The van der Waals surface area contributed by atoms with Crippen molar-refractivity contribution in [1.29, 1.82) is 0 Å². The first kappa shape index (κ1) is 24.7. The molecule has 0 radical (unpaired) electrons. The van der Waals surface area contributed by atoms with Gasteiger partial charge in [-0.3, -0.25) is 0 Å². The summed E-state index contributed by atoms with van der Waals surface area (Å²) in [7, 11) is 0. The molecule has 0 N–H and O–H groups in total. The van der Waals surface area contributed by atoms with Crippen molar-refractivity contribution in [2.75, 3.05) is 0 Å². The molecule has 8 aromatic carbocycles. The van der Waals surface area contributed by atoms with E-state index in [2.05, 4.69) is 115 Å². The van der Waals surface area contributed by atoms with Gasteiger partial charge in [-0.2, -0.15) is 0 Å². The van der Waals surface area contributed by atoms with Gasteiger partial charge in [0.1, 0.15) is 0 Å². The van der Waals surface area contributed by atoms with Gasteiger partial charge >= 0.3 is 0 Å². The number of benzene rings is 8. The summed E-state index contributed by atoms with van der Waals surface area (Å²) in [5.74, 6) is 2.03. The number of aromatic nitrogens is 3. The summed E-state index contributed by atoms with van der Waals surface area (Å²) < 4.78 is 2.51. The van der Waals surface area contributed by atoms with Crippen molar-refractivity contribution in [2.24, 2.45) is 0 Å². The Morgan fingerprint density at radius 1 is 0.356 bits per heavy atom. The summed E-state index contributed by atoms with van der Waals surface area (Å²) in [4.78, 5) is 15.3. The lowest BCUT2D eigenvalue weighted by Gasteiger charge is -2.14. The molecule has 0 saturated carbocycles. The van der Waals surface area contributed by atoms with E-state index < -0.39 is 0 Å². The lowest BCUT2D eigenvalue weighted by Crippen LogP contribution is -2.00. The summed E-state index contributed by atoms with van der Waals surface area (Å²) in [6, 6.07) is 49.3. The lowest BCUT2D eigenvalue weighted by molar-refractivity contribution is 1.08. The highest BCUT2D eigenvalue weighted by Gasteiger charge is 2.22. The van der Waals surface area contributed by atoms with Gasteiger partial charge in [-0.25, -0.2) is 15.0 Å². The highest BCUT2D eigenvalue weighted by molar-refractivity contribution is 7.26. The Kier molecular flexibility index (Phi) is 5.16. The third kappa shape index (κ3) is 3.67. The average Bonchev–Trinajstić information content (AvgIpc) is 3.52. The predicted octanol–water partition coefficient (Wildman–Crippen LogP) is 11.2. The summed E-state index contributed by atoms with van der Waals surface area (Å²) in [6.07, 6.45) is 0. The summed E-state index contributed by atoms with van der Waals surface area (Å²) >= 11 is 1.84. The maximum absolute atomic E-state index is 5.15. The molecule has 0 atom stereocenters. The summed E-state index contributed by atoms with van der Waals surface area (Å²) in [5, 5.41) is 10.5. The number of hydrogen-bond acceptors (Lipinski definition) is 4. The van der Waals surface area contributed by atoms with E-state index in [1.165, 1.54) is 58.1 Å². The van der Waals surface area contributed by atoms with Crippen LogP contribution in [-0.4, -0.2) is 15.0 Å². The Bertz CT molecular complexity index is 2680. The largest absolute Gasteiger partial charge is 0.208 e. The van der Waals surface area contributed by atoms with Crippen molar-refractivity contribution in [2.45, 2.75) is 0 Å². The maximum Gasteiger partial charge on any atom is 0.165 e. The topological polar surface area (TPSA) is 38.7 Å². The van der Waals surface area contributed by atoms with E-state index in [-0.39, 0.29) is 0 Å². The molecule has 2 heterocycles. The fraction of sp³-hybridized carbons (Fsp3) is 0. The van der Waals surface area contributed by atoms with Crippen LogP contribution in [0.4, 0.5) is 0 Å². The monoisotopic (exact) mass is 589 g/mol. The molecule has 0 saturated heterocycles. The summed E-state index contributed by atoms with van der Waals surface area (Å²) in [5.41, 5.74) is 5.32. The third-order valence-corrected chi connectivity index (χ3v) is 10.2. The minimum absolute atomic E-state index is 0.668. The van der Waals surface area contributed by atoms with Gasteiger partial charge in [0.2, 0.25) is 0 Å². The van der Waals surface area contributed by atoms with Gasteiger partial charge in [0.25, 0.3) is 0 Å². The van der Waals surface area contributed by atoms with E-state index in [0.717, 1.165) is 22.3 Å². The Morgan fingerprint density at radius 3 is 1.69 bits per heavy atom. The molecular formula is C41H23N3S. The molecule has 0 amide bonds. The van der Waals surface area contributed by atoms with Gasteiger partial charge in [-0.1, -0.05) is 127 Å². The Balaban J connectivity index is 1.23. The first-order chi connectivity index (χ1) is 22.3. The minimum atomic E-state index is 0.668. The molecule has 3 nitrogen and oxygen atoms in total. The zero-order valence-electron chi connectivity index (χ0n) is 24.0. The van der Waals surface area contributed by atoms with E-state index in [9.17, 15) is 0 Å². The molecule has 0 bridgehead atoms. The molecule has 0 aliphatic heterocycles. The Hall–Kier alpha value is -5.71. The van der Waals surface area contributed by atoms with Crippen LogP contribution in [0.25, 0.3) is 97.8 Å². The fourth-order valence-corrected chi connectivity index (χ4v) is 8.21. The molecule has 4 heteroatoms. The van der Waals surface area contributed by atoms with Crippen molar-refractivity contribution in [3.05, 3.63) is 140 Å². The molecule has 2 aromatic heterocycles. The van der Waals surface area contributed by atoms with Crippen molar-refractivity contribution in [1.82, 2.24) is 15.0 Å². The SMILES string of the molecule is c1ccc(-c2ccc(-c3nc(-c4ccccc4)nc(-c4ccc5c6cccc7ccc8ccc9sc4c5c9c8c76)n3)cc2)cc1. The van der Waals surface area contributed by atoms with Crippen molar-refractivity contribution in [3.8, 4) is 45.3 Å². The van der Waals surface area contributed by atoms with Gasteiger partial charge in [-0.15, -0.1) is 11.3 Å². The van der Waals surface area contributed by atoms with Crippen LogP contribution in [0, 0.1) is 0 Å². The first-order valence-corrected chi connectivity index (χ1v) is 15.9. The second-order valence-corrected chi connectivity index (χ2v) is 12.6. The predicted molar refractivity (Wildman–Crippen MR) is 189 cm³/mol. The van der Waals surface area contributed by atoms with Crippen LogP contribution in [-0.2, 0) is 0 Å². The normalized spacial score (nSPS) is 12.0. The highest BCUT2D eigenvalue weighted by atomic mass is 32.1. The smallest absolute Gasteiger partial charge is 0.165 e. The van der Waals surface area contributed by atoms with E-state index in [1.807, 2.05) is 35.6 Å². The standard InChI is InChI=1S/C41H23N3S/c1-3-8-24(9-4-1)25-14-18-29(19-15-25)40-42-39(28-10-5-2-6-11-28)43-41(44-40)32-22-21-31-30-13-7-12-26-16-17-27-20-23-33-37(35(27)34(26)30)36(31)38(32)45-33/h1-23H. The van der Waals surface area contributed by atoms with Crippen LogP contribution in [0.5, 0.6) is 0 Å². The molecule has 0 unspecified atom stereocenters. The number of fused-ring (bicyclic) bond motifs is 1. The van der Waals surface area contributed by atoms with Crippen LogP contribution in [0.2, 0.25) is 0 Å². The Labute approximate surface area is 262 Å². The second kappa shape index (κ2) is 9.39. The number of hydrogen-bond donors (Lipinski definition) is 0. The van der Waals surface area contributed by atoms with Crippen LogP contribution < -0.4 is 0 Å². The van der Waals surface area contributed by atoms with Gasteiger partial charge in [0.15, 0.2) is 17.5 Å². The van der Waals surface area contributed by atoms with Crippen molar-refractivity contribution < 1.29 is 0 Å². The van der Waals surface area contributed by atoms with Crippen molar-refractivity contribution >= 4 is 63.8 Å². The van der Waals surface area contributed by atoms with E-state index >= 15 is 0 Å². The fourth-order valence-electron chi connectivity index (χ4n) is 6.96. The molecule has 0 aliphatic rings. The zero-order chi connectivity index (χ0) is 29.5. The number of thiophene rings is 1. The van der Waals surface area contributed by atoms with E-state index in [1.54, 1.807) is 0 Å². The molecule has 0 aliphatic carbocycles. The van der Waals surface area contributed by atoms with Gasteiger partial charge in [0.05, 0.1) is 0 Å². The van der Waals surface area contributed by atoms with Crippen molar-refractivity contribution in [3.63, 3.8) is 0 Å². The maximum atomic E-state index is 5.15. The van der Waals surface area contributed by atoms with Crippen LogP contribution >= 0.6 is 11.3 Å². The van der Waals surface area contributed by atoms with E-state index in [0.29, 0.717) is 17.5 Å². The Morgan fingerprint density at radius 2 is 0.933 bits per heavy atom. The molecular weight excluding hydrogens is 567 g/mol. The molecule has 0 fully saturated rings. The molecule has 0 spiro atoms. The average molecular weight is 590 g/mol. The van der Waals surface area contributed by atoms with Crippen LogP contribution in [0.1, 0.15) is 0 Å². The quantitative estimate of drug-likeness (QED) is 0.151. The van der Waals surface area contributed by atoms with Crippen LogP contribution in [0.3, 0.4) is 0 Å². The van der Waals surface area contributed by atoms with Gasteiger partial charge in [-0.05, 0) is 55.6 Å². The second-order valence-electron chi connectivity index (χ2n) is 11.6. The zero-order valence-corrected chi connectivity index (χ0v) is 24.8. The molecule has 208 valence electrons. The molecule has 10 aromatic rings. The number of rotatable bonds is 4. The minimum Gasteiger partial charge on any atom is -0.208 e. The molecule has 45 heavy (non-hydrogen) atoms. The highest BCUT2D eigenvalue weighted by Crippen LogP contribution is 2.50. The van der Waals surface area contributed by atoms with Crippen LogP contribution in [0.15, 0.2) is 140 Å². The van der Waals surface area contributed by atoms with E-state index in [4.69, 9.17) is 15.0 Å². The summed E-state index contributed by atoms with van der Waals surface area (Å²) in [6.45, 7) is 0. The first-order valence-electron chi connectivity index (χ1n) is 15.1. The lowest BCUT2D eigenvalue weighted by atomic mass is 9.89. The van der Waals surface area contributed by atoms with Gasteiger partial charge in [0, 0.05) is 36.9 Å². The molecule has 10 rings (SSSR count). The van der Waals surface area contributed by atoms with Gasteiger partial charge < -0.3 is 0 Å². The number of nitrogens with zero attached hydrogens (tertiary/aromatic N) is 3.